The number of aromatic nitrogens is 1. The van der Waals surface area contributed by atoms with Crippen molar-refractivity contribution in [3.05, 3.63) is 64.3 Å². The van der Waals surface area contributed by atoms with Crippen LogP contribution in [0.5, 0.6) is 0 Å². The molecule has 2 aromatic carbocycles. The molecular formula is C21H20Cl2N2O5S. The molecule has 1 heterocycles. The van der Waals surface area contributed by atoms with E-state index in [1.807, 2.05) is 0 Å². The van der Waals surface area contributed by atoms with Gasteiger partial charge in [-0.25, -0.2) is 13.2 Å². The topological polar surface area (TPSA) is 85.7 Å². The lowest BCUT2D eigenvalue weighted by Crippen LogP contribution is -2.31. The lowest BCUT2D eigenvalue weighted by atomic mass is 10.2. The van der Waals surface area contributed by atoms with Crippen LogP contribution in [0.3, 0.4) is 0 Å². The third kappa shape index (κ3) is 5.03. The summed E-state index contributed by atoms with van der Waals surface area (Å²) in [6.45, 7) is 0.0354. The Labute approximate surface area is 190 Å². The van der Waals surface area contributed by atoms with Crippen LogP contribution < -0.4 is 4.31 Å². The number of nitrogens with zero attached hydrogens (tertiary/aromatic N) is 2. The van der Waals surface area contributed by atoms with E-state index in [1.54, 1.807) is 30.3 Å². The minimum absolute atomic E-state index is 0.0354. The van der Waals surface area contributed by atoms with Crippen LogP contribution in [-0.2, 0) is 14.8 Å². The molecule has 3 aromatic rings. The highest BCUT2D eigenvalue weighted by atomic mass is 35.5. The number of methoxy groups -OCH3 is 1. The molecule has 164 valence electrons. The quantitative estimate of drug-likeness (QED) is 0.458. The van der Waals surface area contributed by atoms with E-state index in [1.165, 1.54) is 30.0 Å². The van der Waals surface area contributed by atoms with Gasteiger partial charge in [-0.1, -0.05) is 41.4 Å². The number of halogens is 2. The molecule has 0 aliphatic carbocycles. The lowest BCUT2D eigenvalue weighted by molar-refractivity contribution is 0.0603. The Hall–Kier alpha value is -2.55. The van der Waals surface area contributed by atoms with Crippen molar-refractivity contribution in [2.45, 2.75) is 12.8 Å². The summed E-state index contributed by atoms with van der Waals surface area (Å²) in [6, 6.07) is 11.5. The Balaban J connectivity index is 1.82. The summed E-state index contributed by atoms with van der Waals surface area (Å²) in [7, 11) is -2.38. The second-order valence-electron chi connectivity index (χ2n) is 6.85. The van der Waals surface area contributed by atoms with Gasteiger partial charge in [0.05, 0.1) is 35.2 Å². The SMILES string of the molecule is COC(=O)c1cn(C(=O)CCCN(c2cc(Cl)ccc2Cl)S(C)(=O)=O)c2ccccc12. The van der Waals surface area contributed by atoms with Gasteiger partial charge in [-0.15, -0.1) is 0 Å². The van der Waals surface area contributed by atoms with E-state index in [0.29, 0.717) is 15.9 Å². The fourth-order valence-corrected chi connectivity index (χ4v) is 4.70. The molecule has 0 saturated carbocycles. The van der Waals surface area contributed by atoms with Crippen LogP contribution in [0.15, 0.2) is 48.7 Å². The standard InChI is InChI=1S/C21H20Cl2N2O5S/c1-30-21(27)16-13-24(18-7-4-3-6-15(16)18)20(26)8-5-11-25(31(2,28)29)19-12-14(22)9-10-17(19)23/h3-4,6-7,9-10,12-13H,5,8,11H2,1-2H3. The lowest BCUT2D eigenvalue weighted by Gasteiger charge is -2.23. The number of carbonyl (C=O) groups excluding carboxylic acids is 2. The van der Waals surface area contributed by atoms with Crippen molar-refractivity contribution < 1.29 is 22.7 Å². The Morgan fingerprint density at radius 2 is 1.84 bits per heavy atom. The summed E-state index contributed by atoms with van der Waals surface area (Å²) in [5.41, 5.74) is 1.11. The van der Waals surface area contributed by atoms with Gasteiger partial charge in [0.1, 0.15) is 0 Å². The van der Waals surface area contributed by atoms with Crippen molar-refractivity contribution in [2.75, 3.05) is 24.2 Å². The zero-order valence-electron chi connectivity index (χ0n) is 16.8. The second-order valence-corrected chi connectivity index (χ2v) is 9.60. The molecule has 3 rings (SSSR count). The third-order valence-corrected chi connectivity index (χ3v) is 6.45. The minimum atomic E-state index is -3.65. The molecule has 0 amide bonds. The first kappa shape index (κ1) is 23.1. The summed E-state index contributed by atoms with van der Waals surface area (Å²) < 4.78 is 31.9. The highest BCUT2D eigenvalue weighted by Gasteiger charge is 2.22. The molecule has 0 N–H and O–H groups in total. The predicted molar refractivity (Wildman–Crippen MR) is 122 cm³/mol. The van der Waals surface area contributed by atoms with Gasteiger partial charge in [0, 0.05) is 29.6 Å². The number of hydrogen-bond donors (Lipinski definition) is 0. The number of benzene rings is 2. The van der Waals surface area contributed by atoms with Crippen molar-refractivity contribution in [2.24, 2.45) is 0 Å². The monoisotopic (exact) mass is 482 g/mol. The first-order valence-corrected chi connectivity index (χ1v) is 11.9. The number of ether oxygens (including phenoxy) is 1. The van der Waals surface area contributed by atoms with E-state index in [2.05, 4.69) is 0 Å². The maximum Gasteiger partial charge on any atom is 0.340 e. The van der Waals surface area contributed by atoms with E-state index in [0.717, 1.165) is 10.6 Å². The minimum Gasteiger partial charge on any atom is -0.465 e. The Kier molecular flexibility index (Phi) is 6.93. The molecule has 1 aromatic heterocycles. The van der Waals surface area contributed by atoms with Crippen molar-refractivity contribution in [3.63, 3.8) is 0 Å². The highest BCUT2D eigenvalue weighted by Crippen LogP contribution is 2.31. The van der Waals surface area contributed by atoms with E-state index >= 15 is 0 Å². The van der Waals surface area contributed by atoms with Crippen molar-refractivity contribution >= 4 is 61.7 Å². The summed E-state index contributed by atoms with van der Waals surface area (Å²) in [5.74, 6) is -0.821. The van der Waals surface area contributed by atoms with E-state index < -0.39 is 16.0 Å². The Morgan fingerprint density at radius 3 is 2.52 bits per heavy atom. The van der Waals surface area contributed by atoms with Gasteiger partial charge in [-0.05, 0) is 30.7 Å². The van der Waals surface area contributed by atoms with Crippen LogP contribution in [0.25, 0.3) is 10.9 Å². The van der Waals surface area contributed by atoms with Gasteiger partial charge < -0.3 is 4.74 Å². The first-order valence-electron chi connectivity index (χ1n) is 9.28. The average Bonchev–Trinajstić information content (AvgIpc) is 3.11. The van der Waals surface area contributed by atoms with E-state index in [9.17, 15) is 18.0 Å². The van der Waals surface area contributed by atoms with Crippen LogP contribution in [0, 0.1) is 0 Å². The number of para-hydroxylation sites is 1. The van der Waals surface area contributed by atoms with Gasteiger partial charge in [0.2, 0.25) is 15.9 Å². The number of hydrogen-bond acceptors (Lipinski definition) is 5. The molecule has 0 spiro atoms. The van der Waals surface area contributed by atoms with E-state index in [4.69, 9.17) is 27.9 Å². The molecule has 0 aliphatic heterocycles. The molecule has 0 atom stereocenters. The maximum atomic E-state index is 12.9. The fraction of sp³-hybridized carbons (Fsp3) is 0.238. The number of esters is 1. The first-order chi connectivity index (χ1) is 14.6. The van der Waals surface area contributed by atoms with Crippen LogP contribution >= 0.6 is 23.2 Å². The fourth-order valence-electron chi connectivity index (χ4n) is 3.29. The number of anilines is 1. The number of carbonyl (C=O) groups is 2. The van der Waals surface area contributed by atoms with Crippen LogP contribution in [0.2, 0.25) is 10.0 Å². The molecule has 0 aliphatic rings. The largest absolute Gasteiger partial charge is 0.465 e. The second kappa shape index (κ2) is 9.30. The zero-order chi connectivity index (χ0) is 22.8. The van der Waals surface area contributed by atoms with Gasteiger partial charge in [0.15, 0.2) is 0 Å². The number of sulfonamides is 1. The van der Waals surface area contributed by atoms with Gasteiger partial charge >= 0.3 is 5.97 Å². The van der Waals surface area contributed by atoms with Crippen LogP contribution in [0.1, 0.15) is 28.0 Å². The maximum absolute atomic E-state index is 12.9. The number of fused-ring (bicyclic) bond motifs is 1. The molecule has 10 heteroatoms. The molecule has 0 fully saturated rings. The number of rotatable bonds is 7. The molecular weight excluding hydrogens is 463 g/mol. The average molecular weight is 483 g/mol. The smallest absolute Gasteiger partial charge is 0.340 e. The van der Waals surface area contributed by atoms with Gasteiger partial charge in [-0.3, -0.25) is 13.7 Å². The van der Waals surface area contributed by atoms with Gasteiger partial charge in [-0.2, -0.15) is 0 Å². The summed E-state index contributed by atoms with van der Waals surface area (Å²) in [6.07, 6.45) is 2.79. The normalized spacial score (nSPS) is 11.5. The molecule has 0 saturated heterocycles. The predicted octanol–water partition coefficient (Wildman–Crippen LogP) is 4.62. The van der Waals surface area contributed by atoms with Crippen molar-refractivity contribution in [3.8, 4) is 0 Å². The highest BCUT2D eigenvalue weighted by molar-refractivity contribution is 7.92. The van der Waals surface area contributed by atoms with Crippen molar-refractivity contribution in [1.82, 2.24) is 4.57 Å². The van der Waals surface area contributed by atoms with E-state index in [-0.39, 0.29) is 41.6 Å². The molecule has 7 nitrogen and oxygen atoms in total. The van der Waals surface area contributed by atoms with Gasteiger partial charge in [0.25, 0.3) is 0 Å². The summed E-state index contributed by atoms with van der Waals surface area (Å²) in [5, 5.41) is 1.18. The summed E-state index contributed by atoms with van der Waals surface area (Å²) in [4.78, 5) is 24.9. The molecule has 0 radical (unpaired) electrons. The Bertz CT molecular complexity index is 1250. The van der Waals surface area contributed by atoms with Crippen LogP contribution in [-0.4, -0.2) is 44.8 Å². The molecule has 0 bridgehead atoms. The van der Waals surface area contributed by atoms with Crippen LogP contribution in [0.4, 0.5) is 5.69 Å². The Morgan fingerprint density at radius 1 is 1.13 bits per heavy atom. The van der Waals surface area contributed by atoms with Crippen molar-refractivity contribution in [1.29, 1.82) is 0 Å². The summed E-state index contributed by atoms with van der Waals surface area (Å²) >= 11 is 12.2. The molecule has 31 heavy (non-hydrogen) atoms. The molecule has 0 unspecified atom stereocenters. The zero-order valence-corrected chi connectivity index (χ0v) is 19.2. The third-order valence-electron chi connectivity index (χ3n) is 4.72.